The van der Waals surface area contributed by atoms with Crippen molar-refractivity contribution in [1.82, 2.24) is 10.3 Å². The van der Waals surface area contributed by atoms with Gasteiger partial charge in [0.05, 0.1) is 12.8 Å². The largest absolute Gasteiger partial charge is 0.489 e. The summed E-state index contributed by atoms with van der Waals surface area (Å²) in [7, 11) is 1.67. The van der Waals surface area contributed by atoms with E-state index in [0.717, 1.165) is 17.9 Å². The van der Waals surface area contributed by atoms with Crippen LogP contribution in [0.5, 0.6) is 5.75 Å². The van der Waals surface area contributed by atoms with Gasteiger partial charge in [-0.15, -0.1) is 0 Å². The van der Waals surface area contributed by atoms with Crippen molar-refractivity contribution in [3.63, 3.8) is 0 Å². The molecule has 0 amide bonds. The zero-order chi connectivity index (χ0) is 11.2. The molecule has 4 nitrogen and oxygen atoms in total. The molecule has 0 radical (unpaired) electrons. The Bertz CT molecular complexity index is 327. The van der Waals surface area contributed by atoms with Crippen molar-refractivity contribution in [2.24, 2.45) is 0 Å². The van der Waals surface area contributed by atoms with Gasteiger partial charge < -0.3 is 14.8 Å². The highest BCUT2D eigenvalue weighted by Gasteiger charge is 2.20. The number of hydrogen-bond donors (Lipinski definition) is 1. The number of rotatable bonds is 7. The lowest BCUT2D eigenvalue weighted by molar-refractivity contribution is 0.145. The van der Waals surface area contributed by atoms with Crippen molar-refractivity contribution < 1.29 is 9.47 Å². The van der Waals surface area contributed by atoms with Crippen LogP contribution in [0.25, 0.3) is 0 Å². The van der Waals surface area contributed by atoms with E-state index in [0.29, 0.717) is 19.3 Å². The summed E-state index contributed by atoms with van der Waals surface area (Å²) in [5, 5.41) is 3.46. The molecule has 0 saturated heterocycles. The van der Waals surface area contributed by atoms with Crippen molar-refractivity contribution in [2.75, 3.05) is 20.3 Å². The molecule has 1 aromatic rings. The molecule has 1 fully saturated rings. The van der Waals surface area contributed by atoms with Gasteiger partial charge in [-0.05, 0) is 18.9 Å². The molecular weight excluding hydrogens is 204 g/mol. The topological polar surface area (TPSA) is 43.4 Å². The third-order valence-corrected chi connectivity index (χ3v) is 2.57. The van der Waals surface area contributed by atoms with E-state index in [1.807, 2.05) is 6.07 Å². The van der Waals surface area contributed by atoms with Gasteiger partial charge in [-0.1, -0.05) is 0 Å². The fraction of sp³-hybridized carbons (Fsp3) is 0.583. The van der Waals surface area contributed by atoms with Crippen LogP contribution in [0.1, 0.15) is 18.4 Å². The molecule has 16 heavy (non-hydrogen) atoms. The normalized spacial score (nSPS) is 15.1. The molecule has 0 bridgehead atoms. The van der Waals surface area contributed by atoms with E-state index in [4.69, 9.17) is 9.47 Å². The van der Waals surface area contributed by atoms with E-state index in [9.17, 15) is 0 Å². The Labute approximate surface area is 96.0 Å². The Morgan fingerprint density at radius 2 is 2.31 bits per heavy atom. The van der Waals surface area contributed by atoms with Crippen molar-refractivity contribution in [2.45, 2.75) is 25.4 Å². The zero-order valence-electron chi connectivity index (χ0n) is 9.61. The molecular formula is C12H18N2O2. The smallest absolute Gasteiger partial charge is 0.142 e. The van der Waals surface area contributed by atoms with Crippen LogP contribution in [-0.2, 0) is 11.3 Å². The molecule has 0 spiro atoms. The summed E-state index contributed by atoms with van der Waals surface area (Å²) in [6.45, 7) is 2.03. The first-order valence-corrected chi connectivity index (χ1v) is 5.68. The highest BCUT2D eigenvalue weighted by Crippen LogP contribution is 2.21. The summed E-state index contributed by atoms with van der Waals surface area (Å²) in [6, 6.07) is 2.71. The molecule has 88 valence electrons. The summed E-state index contributed by atoms with van der Waals surface area (Å²) >= 11 is 0. The van der Waals surface area contributed by atoms with Crippen LogP contribution in [0, 0.1) is 0 Å². The van der Waals surface area contributed by atoms with Crippen LogP contribution in [0.2, 0.25) is 0 Å². The highest BCUT2D eigenvalue weighted by atomic mass is 16.5. The van der Waals surface area contributed by atoms with Gasteiger partial charge in [-0.2, -0.15) is 0 Å². The minimum atomic E-state index is 0.568. The van der Waals surface area contributed by atoms with E-state index in [1.165, 1.54) is 12.8 Å². The minimum Gasteiger partial charge on any atom is -0.489 e. The lowest BCUT2D eigenvalue weighted by atomic mass is 10.2. The summed E-state index contributed by atoms with van der Waals surface area (Å²) in [5.41, 5.74) is 1.16. The molecule has 0 aromatic carbocycles. The summed E-state index contributed by atoms with van der Waals surface area (Å²) in [5.74, 6) is 0.854. The van der Waals surface area contributed by atoms with Gasteiger partial charge in [-0.3, -0.25) is 4.98 Å². The quantitative estimate of drug-likeness (QED) is 0.707. The third-order valence-electron chi connectivity index (χ3n) is 2.57. The first-order chi connectivity index (χ1) is 7.90. The van der Waals surface area contributed by atoms with Gasteiger partial charge in [0.15, 0.2) is 0 Å². The minimum absolute atomic E-state index is 0.568. The average Bonchev–Trinajstić information content (AvgIpc) is 3.12. The van der Waals surface area contributed by atoms with Crippen molar-refractivity contribution in [3.8, 4) is 5.75 Å². The van der Waals surface area contributed by atoms with E-state index in [2.05, 4.69) is 10.3 Å². The first-order valence-electron chi connectivity index (χ1n) is 5.68. The lowest BCUT2D eigenvalue weighted by Crippen LogP contribution is -2.16. The van der Waals surface area contributed by atoms with E-state index >= 15 is 0 Å². The second-order valence-corrected chi connectivity index (χ2v) is 3.98. The Morgan fingerprint density at radius 1 is 1.44 bits per heavy atom. The third kappa shape index (κ3) is 3.47. The standard InChI is InChI=1S/C12H18N2O2/c1-15-6-7-16-12-9-13-5-4-10(12)8-14-11-2-3-11/h4-5,9,11,14H,2-3,6-8H2,1H3. The van der Waals surface area contributed by atoms with Gasteiger partial charge in [0.2, 0.25) is 0 Å². The maximum absolute atomic E-state index is 5.60. The van der Waals surface area contributed by atoms with Gasteiger partial charge in [0.1, 0.15) is 12.4 Å². The lowest BCUT2D eigenvalue weighted by Gasteiger charge is -2.10. The summed E-state index contributed by atoms with van der Waals surface area (Å²) in [4.78, 5) is 4.07. The molecule has 0 atom stereocenters. The highest BCUT2D eigenvalue weighted by molar-refractivity contribution is 5.29. The number of methoxy groups -OCH3 is 1. The second-order valence-electron chi connectivity index (χ2n) is 3.98. The second kappa shape index (κ2) is 5.82. The predicted octanol–water partition coefficient (Wildman–Crippen LogP) is 1.36. The van der Waals surface area contributed by atoms with Gasteiger partial charge in [0, 0.05) is 31.5 Å². The van der Waals surface area contributed by atoms with Crippen LogP contribution in [0.4, 0.5) is 0 Å². The number of nitrogens with zero attached hydrogens (tertiary/aromatic N) is 1. The van der Waals surface area contributed by atoms with Gasteiger partial charge >= 0.3 is 0 Å². The monoisotopic (exact) mass is 222 g/mol. The van der Waals surface area contributed by atoms with Gasteiger partial charge in [0.25, 0.3) is 0 Å². The molecule has 0 aliphatic heterocycles. The molecule has 1 aromatic heterocycles. The van der Waals surface area contributed by atoms with E-state index in [1.54, 1.807) is 19.5 Å². The maximum atomic E-state index is 5.60. The van der Waals surface area contributed by atoms with Crippen LogP contribution < -0.4 is 10.1 Å². The van der Waals surface area contributed by atoms with Crippen LogP contribution in [0.15, 0.2) is 18.5 Å². The van der Waals surface area contributed by atoms with Crippen molar-refractivity contribution >= 4 is 0 Å². The van der Waals surface area contributed by atoms with E-state index in [-0.39, 0.29) is 0 Å². The van der Waals surface area contributed by atoms with Crippen LogP contribution in [0.3, 0.4) is 0 Å². The number of hydrogen-bond acceptors (Lipinski definition) is 4. The summed E-state index contributed by atoms with van der Waals surface area (Å²) in [6.07, 6.45) is 6.16. The predicted molar refractivity (Wildman–Crippen MR) is 61.5 cm³/mol. The first kappa shape index (κ1) is 11.4. The molecule has 4 heteroatoms. The molecule has 0 unspecified atom stereocenters. The fourth-order valence-electron chi connectivity index (χ4n) is 1.46. The number of nitrogens with one attached hydrogen (secondary N) is 1. The molecule has 1 aliphatic carbocycles. The van der Waals surface area contributed by atoms with Gasteiger partial charge in [-0.25, -0.2) is 0 Å². The Hall–Kier alpha value is -1.13. The molecule has 1 N–H and O–H groups in total. The summed E-state index contributed by atoms with van der Waals surface area (Å²) < 4.78 is 10.6. The SMILES string of the molecule is COCCOc1cnccc1CNC1CC1. The van der Waals surface area contributed by atoms with Crippen molar-refractivity contribution in [1.29, 1.82) is 0 Å². The number of pyridine rings is 1. The zero-order valence-corrected chi connectivity index (χ0v) is 9.61. The fourth-order valence-corrected chi connectivity index (χ4v) is 1.46. The number of aromatic nitrogens is 1. The molecule has 1 aliphatic rings. The maximum Gasteiger partial charge on any atom is 0.142 e. The number of ether oxygens (including phenoxy) is 2. The Morgan fingerprint density at radius 3 is 3.06 bits per heavy atom. The Kier molecular flexibility index (Phi) is 4.13. The average molecular weight is 222 g/mol. The molecule has 1 heterocycles. The molecule has 1 saturated carbocycles. The van der Waals surface area contributed by atoms with E-state index < -0.39 is 0 Å². The Balaban J connectivity index is 1.87. The molecule has 2 rings (SSSR count). The van der Waals surface area contributed by atoms with Crippen molar-refractivity contribution in [3.05, 3.63) is 24.0 Å². The van der Waals surface area contributed by atoms with Crippen LogP contribution >= 0.6 is 0 Å². The van der Waals surface area contributed by atoms with Crippen LogP contribution in [-0.4, -0.2) is 31.3 Å².